The van der Waals surface area contributed by atoms with E-state index in [1.54, 1.807) is 0 Å². The molecule has 3 nitrogen and oxygen atoms in total. The zero-order chi connectivity index (χ0) is 13.1. The molecule has 0 saturated heterocycles. The van der Waals surface area contributed by atoms with Gasteiger partial charge in [-0.25, -0.2) is 0 Å². The van der Waals surface area contributed by atoms with Crippen molar-refractivity contribution in [2.45, 2.75) is 6.18 Å². The van der Waals surface area contributed by atoms with Gasteiger partial charge in [-0.15, -0.1) is 0 Å². The summed E-state index contributed by atoms with van der Waals surface area (Å²) in [6.45, 7) is 3.18. The average Bonchev–Trinajstić information content (AvgIpc) is 2.28. The van der Waals surface area contributed by atoms with Crippen molar-refractivity contribution in [3.05, 3.63) is 36.4 Å². The van der Waals surface area contributed by atoms with E-state index in [0.717, 1.165) is 12.1 Å². The Labute approximate surface area is 96.3 Å². The second-order valence-electron chi connectivity index (χ2n) is 3.20. The van der Waals surface area contributed by atoms with Gasteiger partial charge in [0, 0.05) is 12.7 Å². The molecule has 0 aliphatic rings. The van der Waals surface area contributed by atoms with Crippen LogP contribution in [0.25, 0.3) is 0 Å². The summed E-state index contributed by atoms with van der Waals surface area (Å²) >= 11 is 0. The van der Waals surface area contributed by atoms with Crippen LogP contribution in [0.3, 0.4) is 0 Å². The third-order valence-corrected chi connectivity index (χ3v) is 2.06. The van der Waals surface area contributed by atoms with Crippen LogP contribution in [0, 0.1) is 0 Å². The van der Waals surface area contributed by atoms with Crippen molar-refractivity contribution >= 4 is 17.3 Å². The van der Waals surface area contributed by atoms with Crippen molar-refractivity contribution in [1.82, 2.24) is 0 Å². The summed E-state index contributed by atoms with van der Waals surface area (Å²) < 4.78 is 38.1. The summed E-state index contributed by atoms with van der Waals surface area (Å²) in [6, 6.07) is 3.56. The van der Waals surface area contributed by atoms with Crippen LogP contribution >= 0.6 is 0 Å². The van der Waals surface area contributed by atoms with Crippen LogP contribution in [-0.4, -0.2) is 13.0 Å². The molecule has 0 heterocycles. The van der Waals surface area contributed by atoms with Gasteiger partial charge in [-0.2, -0.15) is 13.2 Å². The van der Waals surface area contributed by atoms with Gasteiger partial charge in [0.25, 0.3) is 0 Å². The lowest BCUT2D eigenvalue weighted by molar-refractivity contribution is -0.136. The number of hydrogen-bond donors (Lipinski definition) is 2. The minimum Gasteiger partial charge on any atom is -0.388 e. The van der Waals surface area contributed by atoms with E-state index in [1.165, 1.54) is 19.2 Å². The molecule has 0 aliphatic heterocycles. The number of carbonyl (C=O) groups excluding carboxylic acids is 1. The van der Waals surface area contributed by atoms with Crippen LogP contribution < -0.4 is 10.6 Å². The SMILES string of the molecule is C=CC(=O)Nc1ccc(NC)cc1C(F)(F)F. The molecule has 0 aromatic heterocycles. The van der Waals surface area contributed by atoms with Crippen molar-refractivity contribution in [3.8, 4) is 0 Å². The second kappa shape index (κ2) is 4.90. The lowest BCUT2D eigenvalue weighted by Crippen LogP contribution is -2.14. The molecule has 92 valence electrons. The van der Waals surface area contributed by atoms with Gasteiger partial charge in [-0.1, -0.05) is 6.58 Å². The number of halogens is 3. The van der Waals surface area contributed by atoms with Crippen LogP contribution in [0.5, 0.6) is 0 Å². The van der Waals surface area contributed by atoms with Gasteiger partial charge in [-0.3, -0.25) is 4.79 Å². The third kappa shape index (κ3) is 3.24. The first-order valence-electron chi connectivity index (χ1n) is 4.71. The quantitative estimate of drug-likeness (QED) is 0.803. The molecule has 0 fully saturated rings. The van der Waals surface area contributed by atoms with E-state index in [2.05, 4.69) is 17.2 Å². The molecule has 0 aliphatic carbocycles. The number of nitrogens with one attached hydrogen (secondary N) is 2. The highest BCUT2D eigenvalue weighted by Gasteiger charge is 2.34. The summed E-state index contributed by atoms with van der Waals surface area (Å²) in [5.41, 5.74) is -0.880. The molecule has 0 saturated carbocycles. The van der Waals surface area contributed by atoms with E-state index in [1.807, 2.05) is 0 Å². The van der Waals surface area contributed by atoms with Gasteiger partial charge >= 0.3 is 6.18 Å². The average molecular weight is 244 g/mol. The molecule has 1 aromatic carbocycles. The maximum absolute atomic E-state index is 12.7. The predicted octanol–water partition coefficient (Wildman–Crippen LogP) is 2.87. The topological polar surface area (TPSA) is 41.1 Å². The van der Waals surface area contributed by atoms with E-state index in [-0.39, 0.29) is 5.69 Å². The summed E-state index contributed by atoms with van der Waals surface area (Å²) in [7, 11) is 1.51. The van der Waals surface area contributed by atoms with Crippen LogP contribution in [0.15, 0.2) is 30.9 Å². The largest absolute Gasteiger partial charge is 0.418 e. The Balaban J connectivity index is 3.20. The van der Waals surface area contributed by atoms with Crippen LogP contribution in [0.1, 0.15) is 5.56 Å². The zero-order valence-corrected chi connectivity index (χ0v) is 9.06. The highest BCUT2D eigenvalue weighted by atomic mass is 19.4. The Morgan fingerprint density at radius 2 is 2.06 bits per heavy atom. The van der Waals surface area contributed by atoms with E-state index in [9.17, 15) is 18.0 Å². The number of carbonyl (C=O) groups is 1. The lowest BCUT2D eigenvalue weighted by atomic mass is 10.1. The monoisotopic (exact) mass is 244 g/mol. The van der Waals surface area contributed by atoms with Crippen molar-refractivity contribution in [1.29, 1.82) is 0 Å². The minimum atomic E-state index is -4.53. The molecule has 0 radical (unpaired) electrons. The fraction of sp³-hybridized carbons (Fsp3) is 0.182. The van der Waals surface area contributed by atoms with Crippen molar-refractivity contribution in [2.75, 3.05) is 17.7 Å². The van der Waals surface area contributed by atoms with E-state index >= 15 is 0 Å². The summed E-state index contributed by atoms with van der Waals surface area (Å²) in [6.07, 6.45) is -3.62. The maximum atomic E-state index is 12.7. The smallest absolute Gasteiger partial charge is 0.388 e. The minimum absolute atomic E-state index is 0.290. The van der Waals surface area contributed by atoms with Gasteiger partial charge in [0.05, 0.1) is 11.3 Å². The number of anilines is 2. The summed E-state index contributed by atoms with van der Waals surface area (Å²) in [5.74, 6) is -0.687. The summed E-state index contributed by atoms with van der Waals surface area (Å²) in [5, 5.41) is 4.71. The highest BCUT2D eigenvalue weighted by molar-refractivity contribution is 5.99. The number of hydrogen-bond acceptors (Lipinski definition) is 2. The lowest BCUT2D eigenvalue weighted by Gasteiger charge is -2.14. The molecule has 2 N–H and O–H groups in total. The molecule has 17 heavy (non-hydrogen) atoms. The summed E-state index contributed by atoms with van der Waals surface area (Å²) in [4.78, 5) is 11.0. The third-order valence-electron chi connectivity index (χ3n) is 2.06. The zero-order valence-electron chi connectivity index (χ0n) is 9.06. The van der Waals surface area contributed by atoms with Crippen molar-refractivity contribution < 1.29 is 18.0 Å². The van der Waals surface area contributed by atoms with Crippen molar-refractivity contribution in [2.24, 2.45) is 0 Å². The second-order valence-corrected chi connectivity index (χ2v) is 3.20. The molecule has 1 amide bonds. The normalized spacial score (nSPS) is 10.8. The molecule has 1 aromatic rings. The molecular weight excluding hydrogens is 233 g/mol. The van der Waals surface area contributed by atoms with Gasteiger partial charge in [-0.05, 0) is 24.3 Å². The predicted molar refractivity (Wildman–Crippen MR) is 59.8 cm³/mol. The first-order valence-corrected chi connectivity index (χ1v) is 4.71. The fourth-order valence-electron chi connectivity index (χ4n) is 1.23. The van der Waals surface area contributed by atoms with Crippen LogP contribution in [0.4, 0.5) is 24.5 Å². The molecule has 6 heteroatoms. The van der Waals surface area contributed by atoms with Crippen LogP contribution in [-0.2, 0) is 11.0 Å². The van der Waals surface area contributed by atoms with E-state index in [0.29, 0.717) is 5.69 Å². The number of amides is 1. The molecule has 1 rings (SSSR count). The van der Waals surface area contributed by atoms with Gasteiger partial charge < -0.3 is 10.6 Å². The molecule has 0 unspecified atom stereocenters. The number of rotatable bonds is 3. The Kier molecular flexibility index (Phi) is 3.77. The molecular formula is C11H11F3N2O. The number of benzene rings is 1. The molecule has 0 bridgehead atoms. The Hall–Kier alpha value is -1.98. The van der Waals surface area contributed by atoms with E-state index < -0.39 is 17.6 Å². The molecule has 0 spiro atoms. The Bertz CT molecular complexity index is 441. The van der Waals surface area contributed by atoms with E-state index in [4.69, 9.17) is 0 Å². The maximum Gasteiger partial charge on any atom is 0.418 e. The first-order chi connectivity index (χ1) is 7.88. The van der Waals surface area contributed by atoms with Gasteiger partial charge in [0.15, 0.2) is 0 Å². The highest BCUT2D eigenvalue weighted by Crippen LogP contribution is 2.36. The van der Waals surface area contributed by atoms with Crippen molar-refractivity contribution in [3.63, 3.8) is 0 Å². The Morgan fingerprint density at radius 3 is 2.53 bits per heavy atom. The molecule has 0 atom stereocenters. The standard InChI is InChI=1S/C11H11F3N2O/c1-3-10(17)16-9-5-4-7(15-2)6-8(9)11(12,13)14/h3-6,15H,1H2,2H3,(H,16,17). The van der Waals surface area contributed by atoms with Gasteiger partial charge in [0.2, 0.25) is 5.91 Å². The van der Waals surface area contributed by atoms with Crippen LogP contribution in [0.2, 0.25) is 0 Å². The first kappa shape index (κ1) is 13.1. The number of alkyl halides is 3. The Morgan fingerprint density at radius 1 is 1.41 bits per heavy atom. The van der Waals surface area contributed by atoms with Gasteiger partial charge in [0.1, 0.15) is 0 Å². The fourth-order valence-corrected chi connectivity index (χ4v) is 1.23.